The Balaban J connectivity index is 1.75. The van der Waals surface area contributed by atoms with Gasteiger partial charge in [0, 0.05) is 24.5 Å². The van der Waals surface area contributed by atoms with Crippen LogP contribution in [0.3, 0.4) is 0 Å². The van der Waals surface area contributed by atoms with Crippen molar-refractivity contribution in [3.8, 4) is 11.5 Å². The monoisotopic (exact) mass is 378 g/mol. The van der Waals surface area contributed by atoms with Gasteiger partial charge >= 0.3 is 0 Å². The number of anilines is 1. The van der Waals surface area contributed by atoms with Crippen molar-refractivity contribution in [2.24, 2.45) is 0 Å². The van der Waals surface area contributed by atoms with Crippen molar-refractivity contribution >= 4 is 17.4 Å². The Labute approximate surface area is 163 Å². The van der Waals surface area contributed by atoms with Crippen LogP contribution in [0.1, 0.15) is 21.6 Å². The molecule has 0 atom stereocenters. The van der Waals surface area contributed by atoms with Gasteiger partial charge in [-0.3, -0.25) is 9.59 Å². The minimum absolute atomic E-state index is 0.332. The van der Waals surface area contributed by atoms with E-state index in [-0.39, 0.29) is 0 Å². The maximum absolute atomic E-state index is 12.7. The molecule has 0 aliphatic carbocycles. The minimum Gasteiger partial charge on any atom is -0.493 e. The van der Waals surface area contributed by atoms with Crippen molar-refractivity contribution in [3.63, 3.8) is 0 Å². The van der Waals surface area contributed by atoms with Gasteiger partial charge in [0.2, 0.25) is 0 Å². The fraction of sp³-hybridized carbons (Fsp3) is 0.182. The lowest BCUT2D eigenvalue weighted by atomic mass is 10.1. The first kappa shape index (κ1) is 19.2. The minimum atomic E-state index is -0.712. The SMILES string of the molecule is COc1ccc(NC(=O)C(=O)c2cccn2Cc2ccc(C)cc2)cc1OC. The summed E-state index contributed by atoms with van der Waals surface area (Å²) >= 11 is 0. The molecule has 3 aromatic rings. The molecule has 0 aliphatic heterocycles. The van der Waals surface area contributed by atoms with Crippen molar-refractivity contribution in [2.45, 2.75) is 13.5 Å². The van der Waals surface area contributed by atoms with Crippen LogP contribution in [0.5, 0.6) is 11.5 Å². The summed E-state index contributed by atoms with van der Waals surface area (Å²) in [4.78, 5) is 25.1. The van der Waals surface area contributed by atoms with Gasteiger partial charge in [-0.2, -0.15) is 0 Å². The van der Waals surface area contributed by atoms with Crippen LogP contribution in [0.25, 0.3) is 0 Å². The molecule has 2 aromatic carbocycles. The van der Waals surface area contributed by atoms with Gasteiger partial charge in [-0.05, 0) is 36.8 Å². The van der Waals surface area contributed by atoms with Crippen LogP contribution in [0, 0.1) is 6.92 Å². The Morgan fingerprint density at radius 3 is 2.36 bits per heavy atom. The zero-order valence-corrected chi connectivity index (χ0v) is 16.1. The van der Waals surface area contributed by atoms with Gasteiger partial charge in [0.05, 0.1) is 19.9 Å². The molecule has 0 unspecified atom stereocenters. The lowest BCUT2D eigenvalue weighted by Gasteiger charge is -2.11. The summed E-state index contributed by atoms with van der Waals surface area (Å²) in [6.45, 7) is 2.53. The summed E-state index contributed by atoms with van der Waals surface area (Å²) in [5.74, 6) is -0.308. The highest BCUT2D eigenvalue weighted by Crippen LogP contribution is 2.29. The van der Waals surface area contributed by atoms with E-state index in [4.69, 9.17) is 9.47 Å². The number of hydrogen-bond acceptors (Lipinski definition) is 4. The largest absolute Gasteiger partial charge is 0.493 e. The zero-order valence-electron chi connectivity index (χ0n) is 16.1. The number of rotatable bonds is 7. The molecule has 0 spiro atoms. The maximum Gasteiger partial charge on any atom is 0.298 e. The third-order valence-corrected chi connectivity index (χ3v) is 4.38. The lowest BCUT2D eigenvalue weighted by Crippen LogP contribution is -2.25. The standard InChI is InChI=1S/C22H22N2O4/c1-15-6-8-16(9-7-15)14-24-12-4-5-18(24)21(25)22(26)23-17-10-11-19(27-2)20(13-17)28-3/h4-13H,14H2,1-3H3,(H,23,26). The Morgan fingerprint density at radius 2 is 1.68 bits per heavy atom. The predicted octanol–water partition coefficient (Wildman–Crippen LogP) is 3.68. The number of Topliss-reactive ketones (excluding diaryl/α,β-unsaturated/α-hetero) is 1. The van der Waals surface area contributed by atoms with E-state index in [1.807, 2.05) is 31.2 Å². The van der Waals surface area contributed by atoms with Gasteiger partial charge in [-0.25, -0.2) is 0 Å². The molecule has 1 N–H and O–H groups in total. The van der Waals surface area contributed by atoms with E-state index >= 15 is 0 Å². The molecular weight excluding hydrogens is 356 g/mol. The molecule has 0 radical (unpaired) electrons. The molecule has 0 saturated carbocycles. The van der Waals surface area contributed by atoms with Crippen LogP contribution in [0.2, 0.25) is 0 Å². The summed E-state index contributed by atoms with van der Waals surface area (Å²) in [7, 11) is 3.04. The number of benzene rings is 2. The second kappa shape index (κ2) is 8.43. The smallest absolute Gasteiger partial charge is 0.298 e. The summed E-state index contributed by atoms with van der Waals surface area (Å²) in [5, 5.41) is 2.62. The average Bonchev–Trinajstić information content (AvgIpc) is 3.17. The van der Waals surface area contributed by atoms with Crippen LogP contribution in [0.4, 0.5) is 5.69 Å². The van der Waals surface area contributed by atoms with Crippen LogP contribution < -0.4 is 14.8 Å². The first-order chi connectivity index (χ1) is 13.5. The molecule has 0 fully saturated rings. The van der Waals surface area contributed by atoms with E-state index in [1.54, 1.807) is 41.1 Å². The molecule has 1 amide bonds. The molecular formula is C22H22N2O4. The highest BCUT2D eigenvalue weighted by Gasteiger charge is 2.20. The number of carbonyl (C=O) groups is 2. The summed E-state index contributed by atoms with van der Waals surface area (Å²) < 4.78 is 12.2. The van der Waals surface area contributed by atoms with Gasteiger partial charge in [0.15, 0.2) is 11.5 Å². The second-order valence-electron chi connectivity index (χ2n) is 6.36. The summed E-state index contributed by atoms with van der Waals surface area (Å²) in [6, 6.07) is 16.4. The van der Waals surface area contributed by atoms with E-state index in [9.17, 15) is 9.59 Å². The average molecular weight is 378 g/mol. The second-order valence-corrected chi connectivity index (χ2v) is 6.36. The molecule has 6 heteroatoms. The number of nitrogens with one attached hydrogen (secondary N) is 1. The van der Waals surface area contributed by atoms with Crippen LogP contribution >= 0.6 is 0 Å². The van der Waals surface area contributed by atoms with Crippen molar-refractivity contribution in [2.75, 3.05) is 19.5 Å². The van der Waals surface area contributed by atoms with Crippen molar-refractivity contribution < 1.29 is 19.1 Å². The topological polar surface area (TPSA) is 69.6 Å². The van der Waals surface area contributed by atoms with Crippen LogP contribution in [-0.2, 0) is 11.3 Å². The molecule has 3 rings (SSSR count). The predicted molar refractivity (Wildman–Crippen MR) is 107 cm³/mol. The highest BCUT2D eigenvalue weighted by atomic mass is 16.5. The Kier molecular flexibility index (Phi) is 5.79. The third kappa shape index (κ3) is 4.23. The number of aromatic nitrogens is 1. The third-order valence-electron chi connectivity index (χ3n) is 4.38. The Bertz CT molecular complexity index is 990. The van der Waals surface area contributed by atoms with Gasteiger partial charge < -0.3 is 19.4 Å². The van der Waals surface area contributed by atoms with E-state index in [1.165, 1.54) is 19.8 Å². The summed E-state index contributed by atoms with van der Waals surface area (Å²) in [6.07, 6.45) is 1.79. The van der Waals surface area contributed by atoms with E-state index in [0.717, 1.165) is 5.56 Å². The van der Waals surface area contributed by atoms with Crippen LogP contribution in [-0.4, -0.2) is 30.5 Å². The quantitative estimate of drug-likeness (QED) is 0.503. The molecule has 144 valence electrons. The molecule has 1 aromatic heterocycles. The van der Waals surface area contributed by atoms with Gasteiger partial charge in [0.25, 0.3) is 11.7 Å². The first-order valence-corrected chi connectivity index (χ1v) is 8.80. The molecule has 1 heterocycles. The fourth-order valence-corrected chi connectivity index (χ4v) is 2.87. The van der Waals surface area contributed by atoms with E-state index in [0.29, 0.717) is 29.4 Å². The van der Waals surface area contributed by atoms with Crippen molar-refractivity contribution in [1.29, 1.82) is 0 Å². The van der Waals surface area contributed by atoms with Gasteiger partial charge in [0.1, 0.15) is 0 Å². The van der Waals surface area contributed by atoms with Crippen molar-refractivity contribution in [3.05, 3.63) is 77.6 Å². The number of aryl methyl sites for hydroxylation is 1. The molecule has 28 heavy (non-hydrogen) atoms. The number of methoxy groups -OCH3 is 2. The lowest BCUT2D eigenvalue weighted by molar-refractivity contribution is -0.112. The zero-order chi connectivity index (χ0) is 20.1. The number of ketones is 1. The molecule has 6 nitrogen and oxygen atoms in total. The number of ether oxygens (including phenoxy) is 2. The van der Waals surface area contributed by atoms with E-state index < -0.39 is 11.7 Å². The maximum atomic E-state index is 12.7. The number of carbonyl (C=O) groups excluding carboxylic acids is 2. The number of amides is 1. The van der Waals surface area contributed by atoms with Crippen LogP contribution in [0.15, 0.2) is 60.8 Å². The highest BCUT2D eigenvalue weighted by molar-refractivity contribution is 6.46. The molecule has 0 bridgehead atoms. The normalized spacial score (nSPS) is 10.4. The van der Waals surface area contributed by atoms with E-state index in [2.05, 4.69) is 5.32 Å². The van der Waals surface area contributed by atoms with Crippen molar-refractivity contribution in [1.82, 2.24) is 4.57 Å². The van der Waals surface area contributed by atoms with Gasteiger partial charge in [-0.1, -0.05) is 29.8 Å². The Hall–Kier alpha value is -3.54. The Morgan fingerprint density at radius 1 is 0.964 bits per heavy atom. The summed E-state index contributed by atoms with van der Waals surface area (Å²) in [5.41, 5.74) is 3.00. The fourth-order valence-electron chi connectivity index (χ4n) is 2.87. The van der Waals surface area contributed by atoms with Gasteiger partial charge in [-0.15, -0.1) is 0 Å². The number of nitrogens with zero attached hydrogens (tertiary/aromatic N) is 1. The molecule has 0 aliphatic rings. The first-order valence-electron chi connectivity index (χ1n) is 8.80. The number of hydrogen-bond donors (Lipinski definition) is 1. The molecule has 0 saturated heterocycles.